The number of β-amino-alcohol motifs (C(OH)–C–C–N with tert-alkyl or cyclic N) is 1. The van der Waals surface area contributed by atoms with Crippen LogP contribution in [0.2, 0.25) is 0 Å². The number of fused-ring (bicyclic) bond motifs is 1. The van der Waals surface area contributed by atoms with E-state index in [0.717, 1.165) is 36.2 Å². The third-order valence-electron chi connectivity index (χ3n) is 5.48. The summed E-state index contributed by atoms with van der Waals surface area (Å²) in [6.45, 7) is 6.80. The second-order valence-electron chi connectivity index (χ2n) is 7.12. The number of carbonyl (C=O) groups excluding carboxylic acids is 2. The van der Waals surface area contributed by atoms with Crippen LogP contribution < -0.4 is 4.90 Å². The largest absolute Gasteiger partial charge is 0.391 e. The number of amides is 2. The molecule has 2 saturated heterocycles. The van der Waals surface area contributed by atoms with Gasteiger partial charge in [0.15, 0.2) is 0 Å². The molecular weight excluding hydrogens is 318 g/mol. The van der Waals surface area contributed by atoms with Crippen LogP contribution in [-0.4, -0.2) is 65.0 Å². The molecular formula is C19H23N3O3. The molecule has 1 aromatic carbocycles. The molecule has 2 fully saturated rings. The molecule has 0 aliphatic carbocycles. The van der Waals surface area contributed by atoms with Gasteiger partial charge in [-0.2, -0.15) is 0 Å². The summed E-state index contributed by atoms with van der Waals surface area (Å²) in [6, 6.07) is 6.11. The maximum absolute atomic E-state index is 12.8. The van der Waals surface area contributed by atoms with Gasteiger partial charge in [0.1, 0.15) is 0 Å². The number of rotatable bonds is 3. The molecule has 0 radical (unpaired) electrons. The number of nitrogens with zero attached hydrogens (tertiary/aromatic N) is 3. The average Bonchev–Trinajstić information content (AvgIpc) is 2.89. The van der Waals surface area contributed by atoms with Crippen LogP contribution in [0, 0.1) is 0 Å². The van der Waals surface area contributed by atoms with Crippen molar-refractivity contribution in [3.05, 3.63) is 42.0 Å². The molecule has 0 saturated carbocycles. The van der Waals surface area contributed by atoms with Gasteiger partial charge in [-0.15, -0.1) is 0 Å². The molecule has 0 spiro atoms. The summed E-state index contributed by atoms with van der Waals surface area (Å²) >= 11 is 0. The van der Waals surface area contributed by atoms with E-state index in [4.69, 9.17) is 0 Å². The molecule has 4 rings (SSSR count). The van der Waals surface area contributed by atoms with Crippen molar-refractivity contribution in [2.24, 2.45) is 0 Å². The van der Waals surface area contributed by atoms with Crippen LogP contribution in [0.5, 0.6) is 0 Å². The predicted octanol–water partition coefficient (Wildman–Crippen LogP) is 1.00. The van der Waals surface area contributed by atoms with E-state index >= 15 is 0 Å². The fourth-order valence-corrected chi connectivity index (χ4v) is 3.95. The van der Waals surface area contributed by atoms with Crippen molar-refractivity contribution in [1.82, 2.24) is 9.80 Å². The zero-order valence-corrected chi connectivity index (χ0v) is 14.2. The lowest BCUT2D eigenvalue weighted by molar-refractivity contribution is -0.132. The Morgan fingerprint density at radius 3 is 2.80 bits per heavy atom. The lowest BCUT2D eigenvalue weighted by atomic mass is 10.0. The fourth-order valence-electron chi connectivity index (χ4n) is 3.95. The van der Waals surface area contributed by atoms with Crippen LogP contribution in [0.1, 0.15) is 28.8 Å². The molecule has 0 bridgehead atoms. The van der Waals surface area contributed by atoms with Crippen molar-refractivity contribution in [1.29, 1.82) is 0 Å². The quantitative estimate of drug-likeness (QED) is 0.833. The summed E-state index contributed by atoms with van der Waals surface area (Å²) in [5, 5.41) is 9.87. The zero-order chi connectivity index (χ0) is 17.6. The molecule has 132 valence electrons. The molecule has 1 unspecified atom stereocenters. The Hall–Kier alpha value is -2.34. The van der Waals surface area contributed by atoms with E-state index in [1.807, 2.05) is 23.1 Å². The van der Waals surface area contributed by atoms with E-state index in [9.17, 15) is 14.7 Å². The number of aliphatic hydroxyl groups excluding tert-OH is 1. The van der Waals surface area contributed by atoms with Crippen LogP contribution >= 0.6 is 0 Å². The first-order valence-electron chi connectivity index (χ1n) is 8.85. The van der Waals surface area contributed by atoms with Crippen LogP contribution in [0.4, 0.5) is 5.69 Å². The molecule has 1 N–H and O–H groups in total. The number of hydrogen-bond acceptors (Lipinski definition) is 4. The number of carbonyl (C=O) groups is 2. The number of aliphatic hydroxyl groups is 1. The molecule has 6 heteroatoms. The number of anilines is 1. The van der Waals surface area contributed by atoms with Crippen LogP contribution in [0.3, 0.4) is 0 Å². The summed E-state index contributed by atoms with van der Waals surface area (Å²) < 4.78 is 0. The second kappa shape index (κ2) is 6.19. The van der Waals surface area contributed by atoms with Crippen molar-refractivity contribution in [2.75, 3.05) is 31.1 Å². The summed E-state index contributed by atoms with van der Waals surface area (Å²) in [5.41, 5.74) is 2.80. The number of piperidine rings is 1. The lowest BCUT2D eigenvalue weighted by Gasteiger charge is -2.43. The summed E-state index contributed by atoms with van der Waals surface area (Å²) in [5.74, 6) is -0.0311. The predicted molar refractivity (Wildman–Crippen MR) is 94.3 cm³/mol. The number of benzene rings is 1. The van der Waals surface area contributed by atoms with E-state index in [1.165, 1.54) is 6.08 Å². The van der Waals surface area contributed by atoms with Gasteiger partial charge in [-0.3, -0.25) is 9.59 Å². The van der Waals surface area contributed by atoms with Crippen molar-refractivity contribution in [3.8, 4) is 0 Å². The minimum atomic E-state index is -0.294. The molecule has 1 aromatic rings. The van der Waals surface area contributed by atoms with E-state index in [0.29, 0.717) is 26.2 Å². The molecule has 3 heterocycles. The van der Waals surface area contributed by atoms with Crippen molar-refractivity contribution < 1.29 is 14.7 Å². The first-order chi connectivity index (χ1) is 12.1. The SMILES string of the molecule is C=CC(=O)N1CC(N2Cc3ccc(N4CCCC(O)C4)cc3C2=O)C1. The summed E-state index contributed by atoms with van der Waals surface area (Å²) in [7, 11) is 0. The van der Waals surface area contributed by atoms with E-state index in [1.54, 1.807) is 4.90 Å². The highest BCUT2D eigenvalue weighted by atomic mass is 16.3. The summed E-state index contributed by atoms with van der Waals surface area (Å²) in [6.07, 6.45) is 2.83. The Bertz CT molecular complexity index is 727. The molecule has 6 nitrogen and oxygen atoms in total. The minimum absolute atomic E-state index is 0.0464. The highest BCUT2D eigenvalue weighted by molar-refractivity contribution is 5.99. The molecule has 25 heavy (non-hydrogen) atoms. The van der Waals surface area contributed by atoms with Crippen LogP contribution in [0.25, 0.3) is 0 Å². The van der Waals surface area contributed by atoms with Crippen molar-refractivity contribution in [2.45, 2.75) is 31.5 Å². The van der Waals surface area contributed by atoms with Gasteiger partial charge in [0, 0.05) is 44.0 Å². The van der Waals surface area contributed by atoms with Gasteiger partial charge in [-0.05, 0) is 36.6 Å². The van der Waals surface area contributed by atoms with E-state index < -0.39 is 0 Å². The molecule has 3 aliphatic heterocycles. The van der Waals surface area contributed by atoms with Gasteiger partial charge in [-0.25, -0.2) is 0 Å². The minimum Gasteiger partial charge on any atom is -0.391 e. The topological polar surface area (TPSA) is 64.1 Å². The number of likely N-dealkylation sites (tertiary alicyclic amines) is 1. The smallest absolute Gasteiger partial charge is 0.254 e. The van der Waals surface area contributed by atoms with E-state index in [2.05, 4.69) is 11.5 Å². The molecule has 1 atom stereocenters. The zero-order valence-electron chi connectivity index (χ0n) is 14.2. The standard InChI is InChI=1S/C19H23N3O3/c1-2-18(24)21-10-15(11-21)22-9-13-5-6-14(8-17(13)19(22)25)20-7-3-4-16(23)12-20/h2,5-6,8,15-16,23H,1,3-4,7,9-12H2. The van der Waals surface area contributed by atoms with Crippen molar-refractivity contribution >= 4 is 17.5 Å². The van der Waals surface area contributed by atoms with Crippen molar-refractivity contribution in [3.63, 3.8) is 0 Å². The highest BCUT2D eigenvalue weighted by Crippen LogP contribution is 2.31. The monoisotopic (exact) mass is 341 g/mol. The number of hydrogen-bond donors (Lipinski definition) is 1. The van der Waals surface area contributed by atoms with Gasteiger partial charge >= 0.3 is 0 Å². The normalized spacial score (nSPS) is 23.5. The molecule has 0 aromatic heterocycles. The average molecular weight is 341 g/mol. The third kappa shape index (κ3) is 2.80. The maximum atomic E-state index is 12.8. The Morgan fingerprint density at radius 2 is 2.08 bits per heavy atom. The highest BCUT2D eigenvalue weighted by Gasteiger charge is 2.40. The third-order valence-corrected chi connectivity index (χ3v) is 5.48. The van der Waals surface area contributed by atoms with Gasteiger partial charge in [0.05, 0.1) is 12.1 Å². The first kappa shape index (κ1) is 16.1. The molecule has 3 aliphatic rings. The van der Waals surface area contributed by atoms with Gasteiger partial charge in [-0.1, -0.05) is 12.6 Å². The van der Waals surface area contributed by atoms with E-state index in [-0.39, 0.29) is 24.0 Å². The Kier molecular flexibility index (Phi) is 4.00. The van der Waals surface area contributed by atoms with Gasteiger partial charge < -0.3 is 19.8 Å². The van der Waals surface area contributed by atoms with Gasteiger partial charge in [0.25, 0.3) is 5.91 Å². The van der Waals surface area contributed by atoms with Gasteiger partial charge in [0.2, 0.25) is 5.91 Å². The Morgan fingerprint density at radius 1 is 1.28 bits per heavy atom. The van der Waals surface area contributed by atoms with Crippen LogP contribution in [-0.2, 0) is 11.3 Å². The Labute approximate surface area is 147 Å². The van der Waals surface area contributed by atoms with Crippen LogP contribution in [0.15, 0.2) is 30.9 Å². The molecule has 2 amide bonds. The summed E-state index contributed by atoms with van der Waals surface area (Å²) in [4.78, 5) is 30.1. The Balaban J connectivity index is 1.47. The lowest BCUT2D eigenvalue weighted by Crippen LogP contribution is -2.60. The maximum Gasteiger partial charge on any atom is 0.254 e. The second-order valence-corrected chi connectivity index (χ2v) is 7.12. The first-order valence-corrected chi connectivity index (χ1v) is 8.85. The fraction of sp³-hybridized carbons (Fsp3) is 0.474.